The Kier molecular flexibility index (Phi) is 9.32. The van der Waals surface area contributed by atoms with Crippen molar-refractivity contribution in [1.29, 1.82) is 0 Å². The highest BCUT2D eigenvalue weighted by atomic mass is 35.5. The summed E-state index contributed by atoms with van der Waals surface area (Å²) < 4.78 is 14.8. The number of oxime groups is 1. The molecular formula is C27H30ClNO6. The second-order valence-corrected chi connectivity index (χ2v) is 8.71. The molecule has 0 aliphatic carbocycles. The monoisotopic (exact) mass is 499 g/mol. The van der Waals surface area contributed by atoms with E-state index in [-0.39, 0.29) is 12.8 Å². The number of esters is 2. The number of rotatable bonds is 11. The fraction of sp³-hybridized carbons (Fsp3) is 0.370. The molecule has 8 heteroatoms. The number of allylic oxidation sites excluding steroid dienone is 1. The molecule has 3 rings (SSSR count). The molecule has 0 fully saturated rings. The first-order valence-corrected chi connectivity index (χ1v) is 11.8. The van der Waals surface area contributed by atoms with E-state index < -0.39 is 17.5 Å². The number of benzene rings is 2. The average molecular weight is 500 g/mol. The van der Waals surface area contributed by atoms with Crippen molar-refractivity contribution in [3.63, 3.8) is 0 Å². The summed E-state index contributed by atoms with van der Waals surface area (Å²) in [7, 11) is 4.17. The van der Waals surface area contributed by atoms with E-state index in [2.05, 4.69) is 22.0 Å². The number of ether oxygens (including phenoxy) is 3. The quantitative estimate of drug-likeness (QED) is 0.285. The fourth-order valence-corrected chi connectivity index (χ4v) is 4.12. The van der Waals surface area contributed by atoms with Gasteiger partial charge in [0.15, 0.2) is 0 Å². The molecule has 186 valence electrons. The van der Waals surface area contributed by atoms with E-state index in [0.29, 0.717) is 11.4 Å². The highest BCUT2D eigenvalue weighted by Gasteiger charge is 2.49. The van der Waals surface area contributed by atoms with Crippen LogP contribution in [-0.4, -0.2) is 44.6 Å². The van der Waals surface area contributed by atoms with Crippen LogP contribution in [0.15, 0.2) is 53.7 Å². The third-order valence-corrected chi connectivity index (χ3v) is 6.09. The van der Waals surface area contributed by atoms with E-state index in [9.17, 15) is 9.59 Å². The van der Waals surface area contributed by atoms with Gasteiger partial charge in [-0.15, -0.1) is 0 Å². The van der Waals surface area contributed by atoms with Gasteiger partial charge in [-0.3, -0.25) is 4.79 Å². The molecule has 1 aliphatic heterocycles. The number of methoxy groups -OCH3 is 3. The van der Waals surface area contributed by atoms with Gasteiger partial charge in [0.05, 0.1) is 33.5 Å². The number of hydrogen-bond acceptors (Lipinski definition) is 7. The van der Waals surface area contributed by atoms with Gasteiger partial charge >= 0.3 is 11.9 Å². The topological polar surface area (TPSA) is 83.4 Å². The summed E-state index contributed by atoms with van der Waals surface area (Å²) in [6.07, 6.45) is 7.58. The Morgan fingerprint density at radius 1 is 1.09 bits per heavy atom. The molecule has 0 bridgehead atoms. The van der Waals surface area contributed by atoms with Crippen LogP contribution < -0.4 is 4.74 Å². The maximum absolute atomic E-state index is 12.2. The number of carbonyl (C=O) groups is 2. The summed E-state index contributed by atoms with van der Waals surface area (Å²) in [6, 6.07) is 13.7. The minimum atomic E-state index is -1.43. The standard InChI is InChI=1S/C27H30ClNO6/c1-32-23-14-11-20(12-15-23)24-16-21(28)13-10-19(24)8-6-4-5-7-9-22-17-27(35-29-22,26(31)34-3)18-25(30)33-2/h6,8,10-16H,4-5,7,9,17-18H2,1-3H3/b8-6+. The molecule has 1 heterocycles. The summed E-state index contributed by atoms with van der Waals surface area (Å²) in [4.78, 5) is 29.3. The van der Waals surface area contributed by atoms with Crippen molar-refractivity contribution in [2.75, 3.05) is 21.3 Å². The summed E-state index contributed by atoms with van der Waals surface area (Å²) in [6.45, 7) is 0. The van der Waals surface area contributed by atoms with Crippen LogP contribution in [0.25, 0.3) is 17.2 Å². The van der Waals surface area contributed by atoms with E-state index in [1.165, 1.54) is 14.2 Å². The summed E-state index contributed by atoms with van der Waals surface area (Å²) in [5.74, 6) is -0.368. The molecule has 0 saturated heterocycles. The van der Waals surface area contributed by atoms with E-state index >= 15 is 0 Å². The molecule has 0 radical (unpaired) electrons. The molecule has 2 aromatic carbocycles. The average Bonchev–Trinajstić information content (AvgIpc) is 3.29. The molecule has 1 unspecified atom stereocenters. The number of unbranched alkanes of at least 4 members (excludes halogenated alkanes) is 2. The van der Waals surface area contributed by atoms with Gasteiger partial charge in [0.25, 0.3) is 0 Å². The normalized spacial score (nSPS) is 17.1. The van der Waals surface area contributed by atoms with E-state index in [1.807, 2.05) is 42.5 Å². The fourth-order valence-electron chi connectivity index (χ4n) is 3.94. The van der Waals surface area contributed by atoms with Gasteiger partial charge in [0, 0.05) is 11.4 Å². The Labute approximate surface area is 210 Å². The van der Waals surface area contributed by atoms with Crippen molar-refractivity contribution < 1.29 is 28.6 Å². The van der Waals surface area contributed by atoms with Crippen molar-refractivity contribution in [3.8, 4) is 16.9 Å². The molecule has 1 atom stereocenters. The van der Waals surface area contributed by atoms with Crippen LogP contribution >= 0.6 is 11.6 Å². The van der Waals surface area contributed by atoms with E-state index in [4.69, 9.17) is 25.9 Å². The van der Waals surface area contributed by atoms with Crippen LogP contribution in [0.3, 0.4) is 0 Å². The van der Waals surface area contributed by atoms with Crippen LogP contribution in [0.1, 0.15) is 44.1 Å². The van der Waals surface area contributed by atoms with Crippen molar-refractivity contribution in [1.82, 2.24) is 0 Å². The summed E-state index contributed by atoms with van der Waals surface area (Å²) in [5, 5.41) is 4.73. The Morgan fingerprint density at radius 2 is 1.86 bits per heavy atom. The molecule has 0 saturated carbocycles. The molecule has 0 aromatic heterocycles. The van der Waals surface area contributed by atoms with Crippen molar-refractivity contribution in [2.45, 2.75) is 44.1 Å². The molecular weight excluding hydrogens is 470 g/mol. The van der Waals surface area contributed by atoms with Gasteiger partial charge in [-0.1, -0.05) is 47.1 Å². The largest absolute Gasteiger partial charge is 0.497 e. The predicted molar refractivity (Wildman–Crippen MR) is 135 cm³/mol. The molecule has 0 spiro atoms. The third kappa shape index (κ3) is 6.85. The molecule has 35 heavy (non-hydrogen) atoms. The van der Waals surface area contributed by atoms with Crippen molar-refractivity contribution in [3.05, 3.63) is 59.1 Å². The van der Waals surface area contributed by atoms with Gasteiger partial charge in [-0.05, 0) is 66.6 Å². The smallest absolute Gasteiger partial charge is 0.354 e. The maximum atomic E-state index is 12.2. The van der Waals surface area contributed by atoms with Crippen molar-refractivity contribution in [2.24, 2.45) is 5.16 Å². The zero-order valence-electron chi connectivity index (χ0n) is 20.2. The van der Waals surface area contributed by atoms with Crippen LogP contribution in [0, 0.1) is 0 Å². The number of hydrogen-bond donors (Lipinski definition) is 0. The lowest BCUT2D eigenvalue weighted by Crippen LogP contribution is -2.42. The number of nitrogens with zero attached hydrogens (tertiary/aromatic N) is 1. The Balaban J connectivity index is 1.53. The van der Waals surface area contributed by atoms with Crippen LogP contribution in [0.2, 0.25) is 5.02 Å². The molecule has 2 aromatic rings. The second kappa shape index (κ2) is 12.4. The van der Waals surface area contributed by atoms with Crippen molar-refractivity contribution >= 4 is 35.3 Å². The zero-order valence-corrected chi connectivity index (χ0v) is 21.0. The van der Waals surface area contributed by atoms with Gasteiger partial charge in [0.2, 0.25) is 5.60 Å². The highest BCUT2D eigenvalue weighted by molar-refractivity contribution is 6.31. The number of carbonyl (C=O) groups excluding carboxylic acids is 2. The van der Waals surface area contributed by atoms with Gasteiger partial charge in [-0.25, -0.2) is 4.79 Å². The number of halogens is 1. The van der Waals surface area contributed by atoms with Gasteiger partial charge in [-0.2, -0.15) is 0 Å². The Morgan fingerprint density at radius 3 is 2.54 bits per heavy atom. The minimum absolute atomic E-state index is 0.223. The molecule has 1 aliphatic rings. The third-order valence-electron chi connectivity index (χ3n) is 5.85. The summed E-state index contributed by atoms with van der Waals surface area (Å²) >= 11 is 6.25. The molecule has 0 amide bonds. The van der Waals surface area contributed by atoms with E-state index in [1.54, 1.807) is 7.11 Å². The van der Waals surface area contributed by atoms with Crippen LogP contribution in [0.5, 0.6) is 5.75 Å². The first kappa shape index (κ1) is 26.3. The van der Waals surface area contributed by atoms with Crippen LogP contribution in [-0.2, 0) is 23.9 Å². The van der Waals surface area contributed by atoms with Crippen LogP contribution in [0.4, 0.5) is 0 Å². The molecule has 0 N–H and O–H groups in total. The lowest BCUT2D eigenvalue weighted by atomic mass is 9.92. The van der Waals surface area contributed by atoms with Gasteiger partial charge < -0.3 is 19.0 Å². The Bertz CT molecular complexity index is 1100. The van der Waals surface area contributed by atoms with E-state index in [0.717, 1.165) is 47.4 Å². The summed E-state index contributed by atoms with van der Waals surface area (Å²) in [5.41, 5.74) is 2.51. The lowest BCUT2D eigenvalue weighted by molar-refractivity contribution is -0.173. The first-order valence-electron chi connectivity index (χ1n) is 11.4. The minimum Gasteiger partial charge on any atom is -0.497 e. The van der Waals surface area contributed by atoms with Gasteiger partial charge in [0.1, 0.15) is 5.75 Å². The Hall–Kier alpha value is -3.32. The predicted octanol–water partition coefficient (Wildman–Crippen LogP) is 5.84. The molecule has 7 nitrogen and oxygen atoms in total. The first-order chi connectivity index (χ1) is 16.9. The second-order valence-electron chi connectivity index (χ2n) is 8.27. The SMILES string of the molecule is COC(=O)CC1(C(=O)OC)CC(CCCC/C=C/c2ccc(Cl)cc2-c2ccc(OC)cc2)=NO1. The maximum Gasteiger partial charge on any atom is 0.354 e. The zero-order chi connectivity index (χ0) is 25.3. The highest BCUT2D eigenvalue weighted by Crippen LogP contribution is 2.32. The lowest BCUT2D eigenvalue weighted by Gasteiger charge is -2.22.